The van der Waals surface area contributed by atoms with Crippen molar-refractivity contribution in [1.29, 1.82) is 0 Å². The van der Waals surface area contributed by atoms with Crippen molar-refractivity contribution in [2.24, 2.45) is 5.41 Å². The van der Waals surface area contributed by atoms with Crippen LogP contribution in [0.3, 0.4) is 0 Å². The van der Waals surface area contributed by atoms with Crippen molar-refractivity contribution in [1.82, 2.24) is 9.88 Å². The number of nitrogens with two attached hydrogens (primary N) is 1. The van der Waals surface area contributed by atoms with Gasteiger partial charge in [0.05, 0.1) is 0 Å². The molecule has 4 nitrogen and oxygen atoms in total. The standard InChI is InChI=1S/C13H21N3OS/c1-10-13(3-6-17-7-4-13)2-5-16(10)9-11-8-15-12(14)18-11/h8,10H,2-7,9H2,1H3,(H2,14,15). The van der Waals surface area contributed by atoms with Gasteiger partial charge in [0.2, 0.25) is 0 Å². The molecule has 0 saturated carbocycles. The first-order valence-corrected chi connectivity index (χ1v) is 7.53. The number of nitrogens with zero attached hydrogens (tertiary/aromatic N) is 2. The fourth-order valence-electron chi connectivity index (χ4n) is 3.41. The van der Waals surface area contributed by atoms with Gasteiger partial charge in [-0.2, -0.15) is 0 Å². The highest BCUT2D eigenvalue weighted by molar-refractivity contribution is 7.15. The molecule has 0 aromatic carbocycles. The summed E-state index contributed by atoms with van der Waals surface area (Å²) in [5.74, 6) is 0. The van der Waals surface area contributed by atoms with E-state index in [4.69, 9.17) is 10.5 Å². The second-order valence-electron chi connectivity index (χ2n) is 5.54. The van der Waals surface area contributed by atoms with E-state index in [9.17, 15) is 0 Å². The van der Waals surface area contributed by atoms with E-state index in [1.54, 1.807) is 11.3 Å². The van der Waals surface area contributed by atoms with Crippen LogP contribution in [-0.2, 0) is 11.3 Å². The minimum Gasteiger partial charge on any atom is -0.381 e. The number of hydrogen-bond acceptors (Lipinski definition) is 5. The number of ether oxygens (including phenoxy) is 1. The van der Waals surface area contributed by atoms with Crippen LogP contribution in [0.4, 0.5) is 5.13 Å². The lowest BCUT2D eigenvalue weighted by Crippen LogP contribution is -2.40. The summed E-state index contributed by atoms with van der Waals surface area (Å²) >= 11 is 1.61. The Kier molecular flexibility index (Phi) is 3.30. The first-order valence-electron chi connectivity index (χ1n) is 6.72. The fraction of sp³-hybridized carbons (Fsp3) is 0.769. The number of nitrogen functional groups attached to an aromatic ring is 1. The average molecular weight is 267 g/mol. The Morgan fingerprint density at radius 1 is 1.50 bits per heavy atom. The molecule has 1 atom stereocenters. The number of aromatic nitrogens is 1. The van der Waals surface area contributed by atoms with Crippen molar-refractivity contribution in [3.05, 3.63) is 11.1 Å². The smallest absolute Gasteiger partial charge is 0.180 e. The lowest BCUT2D eigenvalue weighted by molar-refractivity contribution is -0.00141. The van der Waals surface area contributed by atoms with Gasteiger partial charge in [-0.3, -0.25) is 4.90 Å². The normalized spacial score (nSPS) is 27.9. The van der Waals surface area contributed by atoms with E-state index in [1.165, 1.54) is 30.7 Å². The number of rotatable bonds is 2. The Bertz CT molecular complexity index is 414. The molecule has 2 N–H and O–H groups in total. The van der Waals surface area contributed by atoms with Gasteiger partial charge < -0.3 is 10.5 Å². The molecule has 5 heteroatoms. The summed E-state index contributed by atoms with van der Waals surface area (Å²) in [6, 6.07) is 0.643. The van der Waals surface area contributed by atoms with Gasteiger partial charge in [0, 0.05) is 36.9 Å². The Labute approximate surface area is 112 Å². The zero-order chi connectivity index (χ0) is 12.6. The highest BCUT2D eigenvalue weighted by atomic mass is 32.1. The minimum atomic E-state index is 0.495. The second-order valence-corrected chi connectivity index (χ2v) is 6.68. The van der Waals surface area contributed by atoms with E-state index >= 15 is 0 Å². The maximum Gasteiger partial charge on any atom is 0.180 e. The van der Waals surface area contributed by atoms with Crippen LogP contribution < -0.4 is 5.73 Å². The lowest BCUT2D eigenvalue weighted by atomic mass is 9.74. The first kappa shape index (κ1) is 12.4. The van der Waals surface area contributed by atoms with Crippen LogP contribution in [0.5, 0.6) is 0 Å². The molecule has 1 unspecified atom stereocenters. The summed E-state index contributed by atoms with van der Waals surface area (Å²) in [5.41, 5.74) is 6.19. The Hall–Kier alpha value is -0.650. The van der Waals surface area contributed by atoms with Crippen LogP contribution in [-0.4, -0.2) is 35.7 Å². The van der Waals surface area contributed by atoms with Gasteiger partial charge in [-0.05, 0) is 38.1 Å². The molecular formula is C13H21N3OS. The Morgan fingerprint density at radius 2 is 2.28 bits per heavy atom. The van der Waals surface area contributed by atoms with E-state index in [0.29, 0.717) is 16.6 Å². The van der Waals surface area contributed by atoms with E-state index in [1.807, 2.05) is 6.20 Å². The number of thiazole rings is 1. The monoisotopic (exact) mass is 267 g/mol. The molecule has 18 heavy (non-hydrogen) atoms. The van der Waals surface area contributed by atoms with Gasteiger partial charge in [0.1, 0.15) is 0 Å². The minimum absolute atomic E-state index is 0.495. The van der Waals surface area contributed by atoms with Crippen LogP contribution in [0.1, 0.15) is 31.1 Å². The maximum absolute atomic E-state index is 5.70. The molecule has 0 amide bonds. The Morgan fingerprint density at radius 3 is 2.94 bits per heavy atom. The van der Waals surface area contributed by atoms with Crippen LogP contribution >= 0.6 is 11.3 Å². The van der Waals surface area contributed by atoms with Crippen LogP contribution in [0.25, 0.3) is 0 Å². The third kappa shape index (κ3) is 2.15. The van der Waals surface area contributed by atoms with Crippen LogP contribution in [0.15, 0.2) is 6.20 Å². The topological polar surface area (TPSA) is 51.4 Å². The van der Waals surface area contributed by atoms with E-state index in [2.05, 4.69) is 16.8 Å². The molecule has 1 aromatic heterocycles. The Balaban J connectivity index is 1.68. The maximum atomic E-state index is 5.70. The largest absolute Gasteiger partial charge is 0.381 e. The van der Waals surface area contributed by atoms with E-state index in [-0.39, 0.29) is 0 Å². The molecule has 2 aliphatic heterocycles. The highest BCUT2D eigenvalue weighted by Crippen LogP contribution is 2.45. The van der Waals surface area contributed by atoms with Crippen molar-refractivity contribution in [3.63, 3.8) is 0 Å². The molecule has 0 aliphatic carbocycles. The zero-order valence-corrected chi connectivity index (χ0v) is 11.7. The molecule has 0 radical (unpaired) electrons. The second kappa shape index (κ2) is 4.79. The van der Waals surface area contributed by atoms with Crippen LogP contribution in [0, 0.1) is 5.41 Å². The van der Waals surface area contributed by atoms with Gasteiger partial charge in [-0.25, -0.2) is 4.98 Å². The molecule has 1 aromatic rings. The van der Waals surface area contributed by atoms with Crippen molar-refractivity contribution in [3.8, 4) is 0 Å². The molecule has 0 bridgehead atoms. The summed E-state index contributed by atoms with van der Waals surface area (Å²) in [7, 11) is 0. The number of hydrogen-bond donors (Lipinski definition) is 1. The SMILES string of the molecule is CC1N(Cc2cnc(N)s2)CCC12CCOCC2. The van der Waals surface area contributed by atoms with Crippen molar-refractivity contribution in [2.45, 2.75) is 38.8 Å². The van der Waals surface area contributed by atoms with Gasteiger partial charge in [0.25, 0.3) is 0 Å². The van der Waals surface area contributed by atoms with Crippen molar-refractivity contribution < 1.29 is 4.74 Å². The molecular weight excluding hydrogens is 246 g/mol. The number of likely N-dealkylation sites (tertiary alicyclic amines) is 1. The zero-order valence-electron chi connectivity index (χ0n) is 10.9. The molecule has 100 valence electrons. The quantitative estimate of drug-likeness (QED) is 0.891. The molecule has 2 saturated heterocycles. The summed E-state index contributed by atoms with van der Waals surface area (Å²) in [6.07, 6.45) is 5.67. The van der Waals surface area contributed by atoms with Gasteiger partial charge in [0.15, 0.2) is 5.13 Å². The molecule has 3 heterocycles. The van der Waals surface area contributed by atoms with Crippen molar-refractivity contribution in [2.75, 3.05) is 25.5 Å². The van der Waals surface area contributed by atoms with Crippen LogP contribution in [0.2, 0.25) is 0 Å². The van der Waals surface area contributed by atoms with E-state index in [0.717, 1.165) is 19.8 Å². The summed E-state index contributed by atoms with van der Waals surface area (Å²) in [6.45, 7) is 6.44. The van der Waals surface area contributed by atoms with Gasteiger partial charge in [-0.1, -0.05) is 0 Å². The average Bonchev–Trinajstić information content (AvgIpc) is 2.91. The highest BCUT2D eigenvalue weighted by Gasteiger charge is 2.45. The molecule has 2 fully saturated rings. The molecule has 2 aliphatic rings. The van der Waals surface area contributed by atoms with Crippen molar-refractivity contribution >= 4 is 16.5 Å². The summed E-state index contributed by atoms with van der Waals surface area (Å²) in [5, 5.41) is 0.678. The predicted molar refractivity (Wildman–Crippen MR) is 73.5 cm³/mol. The molecule has 3 rings (SSSR count). The van der Waals surface area contributed by atoms with Gasteiger partial charge in [-0.15, -0.1) is 11.3 Å². The third-order valence-corrected chi connectivity index (χ3v) is 5.56. The third-order valence-electron chi connectivity index (χ3n) is 4.75. The van der Waals surface area contributed by atoms with E-state index < -0.39 is 0 Å². The molecule has 1 spiro atoms. The number of anilines is 1. The lowest BCUT2D eigenvalue weighted by Gasteiger charge is -2.39. The first-order chi connectivity index (χ1) is 8.70. The fourth-order valence-corrected chi connectivity index (χ4v) is 4.12. The summed E-state index contributed by atoms with van der Waals surface area (Å²) in [4.78, 5) is 8.00. The predicted octanol–water partition coefficient (Wildman–Crippen LogP) is 2.12. The van der Waals surface area contributed by atoms with Gasteiger partial charge >= 0.3 is 0 Å². The summed E-state index contributed by atoms with van der Waals surface area (Å²) < 4.78 is 5.52.